The lowest BCUT2D eigenvalue weighted by Crippen LogP contribution is -2.40. The Bertz CT molecular complexity index is 629. The molecule has 3 amide bonds. The van der Waals surface area contributed by atoms with Crippen molar-refractivity contribution in [2.24, 2.45) is 5.92 Å². The van der Waals surface area contributed by atoms with Crippen LogP contribution in [0.4, 0.5) is 10.5 Å². The van der Waals surface area contributed by atoms with E-state index in [0.29, 0.717) is 35.3 Å². The molecule has 0 unspecified atom stereocenters. The third kappa shape index (κ3) is 3.49. The Hall–Kier alpha value is -1.79. The van der Waals surface area contributed by atoms with E-state index in [1.54, 1.807) is 23.1 Å². The second kappa shape index (κ2) is 7.40. The van der Waals surface area contributed by atoms with E-state index in [1.807, 2.05) is 11.9 Å². The molecular formula is C17H23ClN4O2. The first-order valence-electron chi connectivity index (χ1n) is 8.39. The van der Waals surface area contributed by atoms with E-state index < -0.39 is 0 Å². The molecular weight excluding hydrogens is 328 g/mol. The third-order valence-electron chi connectivity index (χ3n) is 4.74. The molecule has 0 aromatic heterocycles. The van der Waals surface area contributed by atoms with Crippen molar-refractivity contribution >= 4 is 29.2 Å². The molecule has 0 aliphatic carbocycles. The van der Waals surface area contributed by atoms with Gasteiger partial charge in [0.2, 0.25) is 0 Å². The lowest BCUT2D eigenvalue weighted by atomic mass is 9.96. The molecule has 0 radical (unpaired) electrons. The number of benzene rings is 1. The van der Waals surface area contributed by atoms with Crippen LogP contribution in [-0.4, -0.2) is 56.6 Å². The zero-order chi connectivity index (χ0) is 17.1. The molecule has 1 aromatic carbocycles. The van der Waals surface area contributed by atoms with Crippen LogP contribution in [0.15, 0.2) is 18.2 Å². The number of rotatable bonds is 4. The number of nitrogens with one attached hydrogen (secondary N) is 2. The normalized spacial score (nSPS) is 18.8. The number of likely N-dealkylation sites (tertiary alicyclic amines) is 1. The van der Waals surface area contributed by atoms with Gasteiger partial charge in [-0.15, -0.1) is 0 Å². The number of anilines is 1. The minimum atomic E-state index is -0.136. The molecule has 2 aliphatic heterocycles. The number of halogens is 1. The molecule has 3 rings (SSSR count). The van der Waals surface area contributed by atoms with Gasteiger partial charge in [0, 0.05) is 31.9 Å². The second-order valence-corrected chi connectivity index (χ2v) is 6.75. The van der Waals surface area contributed by atoms with E-state index in [2.05, 4.69) is 10.6 Å². The summed E-state index contributed by atoms with van der Waals surface area (Å²) in [6, 6.07) is 5.07. The van der Waals surface area contributed by atoms with Gasteiger partial charge < -0.3 is 15.5 Å². The van der Waals surface area contributed by atoms with Crippen LogP contribution in [0.3, 0.4) is 0 Å². The Kier molecular flexibility index (Phi) is 5.26. The monoisotopic (exact) mass is 350 g/mol. The highest BCUT2D eigenvalue weighted by Crippen LogP contribution is 2.27. The summed E-state index contributed by atoms with van der Waals surface area (Å²) >= 11 is 6.26. The lowest BCUT2D eigenvalue weighted by molar-refractivity contribution is 0.0691. The first-order valence-corrected chi connectivity index (χ1v) is 8.76. The molecule has 2 aliphatic rings. The largest absolute Gasteiger partial charge is 0.339 e. The Balaban J connectivity index is 1.74. The van der Waals surface area contributed by atoms with Crippen molar-refractivity contribution in [1.82, 2.24) is 15.5 Å². The van der Waals surface area contributed by atoms with E-state index in [4.69, 9.17) is 11.6 Å². The van der Waals surface area contributed by atoms with Crippen LogP contribution < -0.4 is 15.5 Å². The van der Waals surface area contributed by atoms with Crippen molar-refractivity contribution in [3.63, 3.8) is 0 Å². The molecule has 7 heteroatoms. The van der Waals surface area contributed by atoms with Crippen molar-refractivity contribution < 1.29 is 9.59 Å². The van der Waals surface area contributed by atoms with Gasteiger partial charge >= 0.3 is 6.03 Å². The molecule has 0 saturated carbocycles. The van der Waals surface area contributed by atoms with Crippen LogP contribution >= 0.6 is 11.6 Å². The Labute approximate surface area is 147 Å². The fourth-order valence-corrected chi connectivity index (χ4v) is 3.56. The molecule has 2 fully saturated rings. The van der Waals surface area contributed by atoms with Crippen LogP contribution in [0.5, 0.6) is 0 Å². The summed E-state index contributed by atoms with van der Waals surface area (Å²) in [5, 5.41) is 6.39. The summed E-state index contributed by atoms with van der Waals surface area (Å²) in [4.78, 5) is 28.2. The summed E-state index contributed by atoms with van der Waals surface area (Å²) < 4.78 is 0. The summed E-state index contributed by atoms with van der Waals surface area (Å²) in [6.45, 7) is 3.70. The minimum Gasteiger partial charge on any atom is -0.339 e. The fourth-order valence-electron chi connectivity index (χ4n) is 3.36. The molecule has 2 saturated heterocycles. The summed E-state index contributed by atoms with van der Waals surface area (Å²) in [5.74, 6) is 0.568. The quantitative estimate of drug-likeness (QED) is 0.872. The first-order chi connectivity index (χ1) is 11.6. The number of carbonyl (C=O) groups is 2. The van der Waals surface area contributed by atoms with E-state index >= 15 is 0 Å². The highest BCUT2D eigenvalue weighted by Gasteiger charge is 2.27. The van der Waals surface area contributed by atoms with Gasteiger partial charge in [0.05, 0.1) is 10.6 Å². The minimum absolute atomic E-state index is 0.0515. The van der Waals surface area contributed by atoms with E-state index in [1.165, 1.54) is 0 Å². The Morgan fingerprint density at radius 3 is 2.71 bits per heavy atom. The highest BCUT2D eigenvalue weighted by atomic mass is 35.5. The zero-order valence-electron chi connectivity index (χ0n) is 13.8. The van der Waals surface area contributed by atoms with E-state index in [0.717, 1.165) is 32.5 Å². The van der Waals surface area contributed by atoms with Gasteiger partial charge in [-0.3, -0.25) is 9.69 Å². The molecule has 2 heterocycles. The third-order valence-corrected chi connectivity index (χ3v) is 5.07. The van der Waals surface area contributed by atoms with Crippen molar-refractivity contribution in [2.75, 3.05) is 44.7 Å². The molecule has 2 N–H and O–H groups in total. The molecule has 0 atom stereocenters. The zero-order valence-corrected chi connectivity index (χ0v) is 14.6. The van der Waals surface area contributed by atoms with Gasteiger partial charge in [-0.05, 0) is 50.6 Å². The van der Waals surface area contributed by atoms with Crippen LogP contribution in [0, 0.1) is 5.92 Å². The van der Waals surface area contributed by atoms with Gasteiger partial charge in [-0.25, -0.2) is 4.79 Å². The van der Waals surface area contributed by atoms with Crippen LogP contribution in [0.2, 0.25) is 5.02 Å². The van der Waals surface area contributed by atoms with Gasteiger partial charge in [-0.2, -0.15) is 0 Å². The predicted octanol–water partition coefficient (Wildman–Crippen LogP) is 1.94. The molecule has 0 bridgehead atoms. The predicted molar refractivity (Wildman–Crippen MR) is 94.8 cm³/mol. The maximum Gasteiger partial charge on any atom is 0.321 e. The molecule has 24 heavy (non-hydrogen) atoms. The van der Waals surface area contributed by atoms with Gasteiger partial charge in [0.15, 0.2) is 0 Å². The fraction of sp³-hybridized carbons (Fsp3) is 0.529. The van der Waals surface area contributed by atoms with Gasteiger partial charge in [0.25, 0.3) is 5.91 Å². The number of carbonyl (C=O) groups excluding carboxylic acids is 2. The van der Waals surface area contributed by atoms with Crippen LogP contribution in [-0.2, 0) is 0 Å². The number of hydrogen-bond donors (Lipinski definition) is 2. The lowest BCUT2D eigenvalue weighted by Gasteiger charge is -2.32. The van der Waals surface area contributed by atoms with E-state index in [-0.39, 0.29) is 11.9 Å². The SMILES string of the molecule is CNCC1CCN(C(=O)c2cc(N3CCNC3=O)ccc2Cl)CC1. The highest BCUT2D eigenvalue weighted by molar-refractivity contribution is 6.34. The summed E-state index contributed by atoms with van der Waals surface area (Å²) in [5.41, 5.74) is 1.18. The van der Waals surface area contributed by atoms with Crippen LogP contribution in [0.1, 0.15) is 23.2 Å². The molecule has 1 aromatic rings. The maximum absolute atomic E-state index is 12.8. The number of piperidine rings is 1. The average molecular weight is 351 g/mol. The van der Waals surface area contributed by atoms with Crippen molar-refractivity contribution in [1.29, 1.82) is 0 Å². The molecule has 130 valence electrons. The molecule has 0 spiro atoms. The van der Waals surface area contributed by atoms with Crippen molar-refractivity contribution in [3.05, 3.63) is 28.8 Å². The van der Waals surface area contributed by atoms with Crippen molar-refractivity contribution in [2.45, 2.75) is 12.8 Å². The van der Waals surface area contributed by atoms with E-state index in [9.17, 15) is 9.59 Å². The Morgan fingerprint density at radius 1 is 1.33 bits per heavy atom. The number of urea groups is 1. The first kappa shape index (κ1) is 17.0. The number of amides is 3. The number of hydrogen-bond acceptors (Lipinski definition) is 3. The summed E-state index contributed by atoms with van der Waals surface area (Å²) in [7, 11) is 1.96. The van der Waals surface area contributed by atoms with Gasteiger partial charge in [0.1, 0.15) is 0 Å². The smallest absolute Gasteiger partial charge is 0.321 e. The summed E-state index contributed by atoms with van der Waals surface area (Å²) in [6.07, 6.45) is 2.00. The molecule has 6 nitrogen and oxygen atoms in total. The van der Waals surface area contributed by atoms with Crippen molar-refractivity contribution in [3.8, 4) is 0 Å². The van der Waals surface area contributed by atoms with Gasteiger partial charge in [-0.1, -0.05) is 11.6 Å². The number of nitrogens with zero attached hydrogens (tertiary/aromatic N) is 2. The Morgan fingerprint density at radius 2 is 2.08 bits per heavy atom. The second-order valence-electron chi connectivity index (χ2n) is 6.34. The maximum atomic E-state index is 12.8. The van der Waals surface area contributed by atoms with Crippen LogP contribution in [0.25, 0.3) is 0 Å². The topological polar surface area (TPSA) is 64.7 Å². The standard InChI is InChI=1S/C17H23ClN4O2/c1-19-11-12-4-7-21(8-5-12)16(23)14-10-13(2-3-15(14)18)22-9-6-20-17(22)24/h2-3,10,12,19H,4-9,11H2,1H3,(H,20,24). The average Bonchev–Trinajstić information content (AvgIpc) is 3.02.